The van der Waals surface area contributed by atoms with Crippen molar-refractivity contribution in [2.75, 3.05) is 11.9 Å². The Bertz CT molecular complexity index is 681. The number of nitrogens with one attached hydrogen (secondary N) is 1. The van der Waals surface area contributed by atoms with Crippen LogP contribution < -0.4 is 10.9 Å². The minimum Gasteiger partial charge on any atom is -0.363 e. The molecule has 0 aliphatic carbocycles. The first-order chi connectivity index (χ1) is 9.59. The Kier molecular flexibility index (Phi) is 4.09. The molecule has 20 heavy (non-hydrogen) atoms. The Morgan fingerprint density at radius 1 is 1.40 bits per heavy atom. The molecule has 2 aromatic heterocycles. The minimum atomic E-state index is -0.459. The molecule has 0 saturated carbocycles. The van der Waals surface area contributed by atoms with E-state index >= 15 is 0 Å². The van der Waals surface area contributed by atoms with Gasteiger partial charge in [0.1, 0.15) is 0 Å². The highest BCUT2D eigenvalue weighted by molar-refractivity contribution is 5.59. The van der Waals surface area contributed by atoms with Gasteiger partial charge in [-0.05, 0) is 19.1 Å². The van der Waals surface area contributed by atoms with Gasteiger partial charge < -0.3 is 9.88 Å². The second kappa shape index (κ2) is 5.96. The highest BCUT2D eigenvalue weighted by Crippen LogP contribution is 2.24. The van der Waals surface area contributed by atoms with Crippen molar-refractivity contribution < 1.29 is 4.92 Å². The van der Waals surface area contributed by atoms with Gasteiger partial charge in [-0.1, -0.05) is 6.07 Å². The molecule has 2 heterocycles. The van der Waals surface area contributed by atoms with Crippen LogP contribution in [0.2, 0.25) is 0 Å². The van der Waals surface area contributed by atoms with Crippen molar-refractivity contribution >= 4 is 11.5 Å². The summed E-state index contributed by atoms with van der Waals surface area (Å²) in [6.45, 7) is 2.44. The second-order valence-electron chi connectivity index (χ2n) is 4.24. The zero-order valence-corrected chi connectivity index (χ0v) is 10.9. The summed E-state index contributed by atoms with van der Waals surface area (Å²) in [5.41, 5.74) is 0.401. The summed E-state index contributed by atoms with van der Waals surface area (Å²) in [6, 6.07) is 6.48. The first-order valence-electron chi connectivity index (χ1n) is 6.09. The zero-order valence-electron chi connectivity index (χ0n) is 10.9. The maximum Gasteiger partial charge on any atom is 0.314 e. The van der Waals surface area contributed by atoms with E-state index in [1.54, 1.807) is 31.3 Å². The lowest BCUT2D eigenvalue weighted by molar-refractivity contribution is -0.384. The van der Waals surface area contributed by atoms with Crippen molar-refractivity contribution in [3.05, 3.63) is 62.7 Å². The fraction of sp³-hybridized carbons (Fsp3) is 0.231. The average molecular weight is 274 g/mol. The lowest BCUT2D eigenvalue weighted by Crippen LogP contribution is -2.22. The number of anilines is 1. The number of nitrogens with zero attached hydrogens (tertiary/aromatic N) is 3. The fourth-order valence-corrected chi connectivity index (χ4v) is 1.85. The first kappa shape index (κ1) is 13.7. The molecular formula is C13H14N4O3. The monoisotopic (exact) mass is 274 g/mol. The SMILES string of the molecule is Cc1ccnc(NCCn2ccccc2=O)c1[N+](=O)[O-]. The van der Waals surface area contributed by atoms with E-state index in [-0.39, 0.29) is 17.1 Å². The van der Waals surface area contributed by atoms with Crippen LogP contribution in [0, 0.1) is 17.0 Å². The molecule has 7 nitrogen and oxygen atoms in total. The van der Waals surface area contributed by atoms with Gasteiger partial charge in [-0.2, -0.15) is 0 Å². The highest BCUT2D eigenvalue weighted by atomic mass is 16.6. The molecule has 0 atom stereocenters. The van der Waals surface area contributed by atoms with E-state index in [1.165, 1.54) is 16.8 Å². The standard InChI is InChI=1S/C13H14N4O3/c1-10-5-6-14-13(12(10)17(19)20)15-7-9-16-8-3-2-4-11(16)18/h2-6,8H,7,9H2,1H3,(H,14,15). The lowest BCUT2D eigenvalue weighted by Gasteiger charge is -2.08. The quantitative estimate of drug-likeness (QED) is 0.660. The second-order valence-corrected chi connectivity index (χ2v) is 4.24. The third kappa shape index (κ3) is 3.00. The van der Waals surface area contributed by atoms with Gasteiger partial charge in [-0.25, -0.2) is 4.98 Å². The molecule has 0 spiro atoms. The van der Waals surface area contributed by atoms with E-state index in [9.17, 15) is 14.9 Å². The third-order valence-electron chi connectivity index (χ3n) is 2.85. The largest absolute Gasteiger partial charge is 0.363 e. The topological polar surface area (TPSA) is 90.1 Å². The molecule has 0 unspecified atom stereocenters. The number of hydrogen-bond donors (Lipinski definition) is 1. The molecule has 0 aliphatic rings. The number of aromatic nitrogens is 2. The molecule has 0 fully saturated rings. The van der Waals surface area contributed by atoms with Crippen LogP contribution in [-0.4, -0.2) is 21.0 Å². The van der Waals surface area contributed by atoms with Crippen molar-refractivity contribution in [2.24, 2.45) is 0 Å². The Morgan fingerprint density at radius 2 is 2.20 bits per heavy atom. The van der Waals surface area contributed by atoms with Crippen molar-refractivity contribution in [1.29, 1.82) is 0 Å². The van der Waals surface area contributed by atoms with Gasteiger partial charge in [0.25, 0.3) is 5.56 Å². The van der Waals surface area contributed by atoms with E-state index in [2.05, 4.69) is 10.3 Å². The van der Waals surface area contributed by atoms with Gasteiger partial charge in [0, 0.05) is 37.1 Å². The number of nitro groups is 1. The van der Waals surface area contributed by atoms with E-state index in [4.69, 9.17) is 0 Å². The maximum atomic E-state index is 11.5. The molecule has 104 valence electrons. The number of aryl methyl sites for hydroxylation is 1. The predicted octanol–water partition coefficient (Wildman–Crippen LogP) is 1.57. The van der Waals surface area contributed by atoms with Crippen LogP contribution in [-0.2, 0) is 6.54 Å². The summed E-state index contributed by atoms with van der Waals surface area (Å²) in [6.07, 6.45) is 3.18. The molecule has 0 amide bonds. The summed E-state index contributed by atoms with van der Waals surface area (Å²) in [5, 5.41) is 13.9. The molecule has 0 saturated heterocycles. The third-order valence-corrected chi connectivity index (χ3v) is 2.85. The van der Waals surface area contributed by atoms with Crippen LogP contribution in [0.25, 0.3) is 0 Å². The molecule has 0 bridgehead atoms. The lowest BCUT2D eigenvalue weighted by atomic mass is 10.2. The summed E-state index contributed by atoms with van der Waals surface area (Å²) < 4.78 is 1.52. The molecule has 1 N–H and O–H groups in total. The van der Waals surface area contributed by atoms with Crippen LogP contribution in [0.15, 0.2) is 41.5 Å². The van der Waals surface area contributed by atoms with Crippen molar-refractivity contribution in [1.82, 2.24) is 9.55 Å². The molecule has 2 rings (SSSR count). The number of hydrogen-bond acceptors (Lipinski definition) is 5. The maximum absolute atomic E-state index is 11.5. The van der Waals surface area contributed by atoms with Gasteiger partial charge in [0.15, 0.2) is 0 Å². The van der Waals surface area contributed by atoms with Gasteiger partial charge in [-0.3, -0.25) is 14.9 Å². The summed E-state index contributed by atoms with van der Waals surface area (Å²) >= 11 is 0. The highest BCUT2D eigenvalue weighted by Gasteiger charge is 2.17. The number of pyridine rings is 2. The van der Waals surface area contributed by atoms with Gasteiger partial charge in [0.05, 0.1) is 4.92 Å². The van der Waals surface area contributed by atoms with E-state index in [0.29, 0.717) is 18.7 Å². The van der Waals surface area contributed by atoms with Crippen molar-refractivity contribution in [3.63, 3.8) is 0 Å². The summed E-state index contributed by atoms with van der Waals surface area (Å²) in [5.74, 6) is 0.221. The van der Waals surface area contributed by atoms with Crippen LogP contribution in [0.1, 0.15) is 5.56 Å². The van der Waals surface area contributed by atoms with Crippen LogP contribution >= 0.6 is 0 Å². The Morgan fingerprint density at radius 3 is 2.90 bits per heavy atom. The Balaban J connectivity index is 2.09. The smallest absolute Gasteiger partial charge is 0.314 e. The Hall–Kier alpha value is -2.70. The van der Waals surface area contributed by atoms with Crippen LogP contribution in [0.3, 0.4) is 0 Å². The van der Waals surface area contributed by atoms with Gasteiger partial charge >= 0.3 is 5.69 Å². The van der Waals surface area contributed by atoms with Crippen molar-refractivity contribution in [2.45, 2.75) is 13.5 Å². The fourth-order valence-electron chi connectivity index (χ4n) is 1.85. The van der Waals surface area contributed by atoms with E-state index in [1.807, 2.05) is 0 Å². The van der Waals surface area contributed by atoms with Crippen LogP contribution in [0.4, 0.5) is 11.5 Å². The Labute approximate surface area is 115 Å². The first-order valence-corrected chi connectivity index (χ1v) is 6.09. The normalized spacial score (nSPS) is 10.2. The van der Waals surface area contributed by atoms with E-state index in [0.717, 1.165) is 0 Å². The number of rotatable bonds is 5. The molecule has 0 radical (unpaired) electrons. The predicted molar refractivity (Wildman–Crippen MR) is 74.8 cm³/mol. The molecule has 7 heteroatoms. The summed E-state index contributed by atoms with van der Waals surface area (Å²) in [7, 11) is 0. The van der Waals surface area contributed by atoms with Gasteiger partial charge in [-0.15, -0.1) is 0 Å². The summed E-state index contributed by atoms with van der Waals surface area (Å²) in [4.78, 5) is 26.0. The van der Waals surface area contributed by atoms with Crippen LogP contribution in [0.5, 0.6) is 0 Å². The van der Waals surface area contributed by atoms with Gasteiger partial charge in [0.2, 0.25) is 5.82 Å². The average Bonchev–Trinajstić information content (AvgIpc) is 2.40. The molecule has 0 aliphatic heterocycles. The zero-order chi connectivity index (χ0) is 14.5. The molecule has 2 aromatic rings. The molecule has 0 aromatic carbocycles. The van der Waals surface area contributed by atoms with Crippen molar-refractivity contribution in [3.8, 4) is 0 Å². The van der Waals surface area contributed by atoms with E-state index < -0.39 is 4.92 Å². The minimum absolute atomic E-state index is 0.0343. The molecular weight excluding hydrogens is 260 g/mol.